The summed E-state index contributed by atoms with van der Waals surface area (Å²) >= 11 is 2.05. The molecule has 1 fully saturated rings. The van der Waals surface area contributed by atoms with Crippen LogP contribution in [0.3, 0.4) is 0 Å². The highest BCUT2D eigenvalue weighted by molar-refractivity contribution is 7.99. The number of hydrogen-bond acceptors (Lipinski definition) is 3. The molecule has 16 heavy (non-hydrogen) atoms. The maximum Gasteiger partial charge on any atom is 0.119 e. The second-order valence-corrected chi connectivity index (χ2v) is 5.32. The van der Waals surface area contributed by atoms with Crippen LogP contribution in [0.2, 0.25) is 0 Å². The molecule has 2 nitrogen and oxygen atoms in total. The van der Waals surface area contributed by atoms with Crippen LogP contribution < -0.4 is 10.1 Å². The number of methoxy groups -OCH3 is 1. The third kappa shape index (κ3) is 2.71. The SMILES string of the molecule is CNC1CSCC1Cc1cccc(OC)c1. The molecule has 1 aromatic carbocycles. The maximum absolute atomic E-state index is 5.25. The first kappa shape index (κ1) is 11.8. The van der Waals surface area contributed by atoms with Gasteiger partial charge in [0, 0.05) is 11.8 Å². The van der Waals surface area contributed by atoms with Gasteiger partial charge in [0.1, 0.15) is 5.75 Å². The quantitative estimate of drug-likeness (QED) is 0.867. The molecule has 0 amide bonds. The van der Waals surface area contributed by atoms with Crippen molar-refractivity contribution in [3.63, 3.8) is 0 Å². The number of nitrogens with one attached hydrogen (secondary N) is 1. The Morgan fingerprint density at radius 2 is 2.31 bits per heavy atom. The van der Waals surface area contributed by atoms with Crippen LogP contribution in [0.1, 0.15) is 5.56 Å². The summed E-state index contributed by atoms with van der Waals surface area (Å²) in [6.45, 7) is 0. The topological polar surface area (TPSA) is 21.3 Å². The first-order chi connectivity index (χ1) is 7.83. The van der Waals surface area contributed by atoms with Crippen molar-refractivity contribution in [2.45, 2.75) is 12.5 Å². The van der Waals surface area contributed by atoms with E-state index < -0.39 is 0 Å². The van der Waals surface area contributed by atoms with Crippen LogP contribution in [0.25, 0.3) is 0 Å². The normalized spacial score (nSPS) is 24.6. The van der Waals surface area contributed by atoms with Crippen molar-refractivity contribution in [1.82, 2.24) is 5.32 Å². The van der Waals surface area contributed by atoms with Gasteiger partial charge in [-0.25, -0.2) is 0 Å². The molecule has 88 valence electrons. The van der Waals surface area contributed by atoms with Crippen LogP contribution in [0.5, 0.6) is 5.75 Å². The lowest BCUT2D eigenvalue weighted by Crippen LogP contribution is -2.33. The van der Waals surface area contributed by atoms with Gasteiger partial charge in [0.05, 0.1) is 7.11 Å². The fraction of sp³-hybridized carbons (Fsp3) is 0.538. The molecule has 1 aliphatic rings. The minimum atomic E-state index is 0.663. The summed E-state index contributed by atoms with van der Waals surface area (Å²) in [4.78, 5) is 0. The van der Waals surface area contributed by atoms with Crippen molar-refractivity contribution in [2.75, 3.05) is 25.7 Å². The lowest BCUT2D eigenvalue weighted by Gasteiger charge is -2.18. The summed E-state index contributed by atoms with van der Waals surface area (Å²) in [7, 11) is 3.79. The Labute approximate surface area is 102 Å². The second-order valence-electron chi connectivity index (χ2n) is 4.25. The third-order valence-corrected chi connectivity index (χ3v) is 4.46. The number of benzene rings is 1. The lowest BCUT2D eigenvalue weighted by molar-refractivity contribution is 0.412. The zero-order valence-electron chi connectivity index (χ0n) is 9.90. The molecule has 1 saturated heterocycles. The van der Waals surface area contributed by atoms with E-state index in [-0.39, 0.29) is 0 Å². The van der Waals surface area contributed by atoms with Gasteiger partial charge in [-0.2, -0.15) is 11.8 Å². The van der Waals surface area contributed by atoms with Gasteiger partial charge < -0.3 is 10.1 Å². The van der Waals surface area contributed by atoms with Crippen molar-refractivity contribution in [3.05, 3.63) is 29.8 Å². The highest BCUT2D eigenvalue weighted by Gasteiger charge is 2.26. The van der Waals surface area contributed by atoms with E-state index >= 15 is 0 Å². The summed E-state index contributed by atoms with van der Waals surface area (Å²) in [5.74, 6) is 4.22. The first-order valence-corrected chi connectivity index (χ1v) is 6.87. The van der Waals surface area contributed by atoms with Crippen molar-refractivity contribution >= 4 is 11.8 Å². The molecule has 1 heterocycles. The molecule has 3 heteroatoms. The minimum Gasteiger partial charge on any atom is -0.497 e. The lowest BCUT2D eigenvalue weighted by atomic mass is 9.95. The third-order valence-electron chi connectivity index (χ3n) is 3.20. The molecule has 1 aromatic rings. The predicted octanol–water partition coefficient (Wildman–Crippen LogP) is 2.19. The monoisotopic (exact) mass is 237 g/mol. The van der Waals surface area contributed by atoms with E-state index in [4.69, 9.17) is 4.74 Å². The maximum atomic E-state index is 5.25. The number of hydrogen-bond donors (Lipinski definition) is 1. The molecule has 0 aliphatic carbocycles. The van der Waals surface area contributed by atoms with Gasteiger partial charge in [0.25, 0.3) is 0 Å². The molecule has 0 radical (unpaired) electrons. The van der Waals surface area contributed by atoms with Crippen LogP contribution in [0.15, 0.2) is 24.3 Å². The number of rotatable bonds is 4. The molecule has 0 aromatic heterocycles. The molecule has 2 rings (SSSR count). The van der Waals surface area contributed by atoms with Gasteiger partial charge in [-0.15, -0.1) is 0 Å². The molecule has 0 bridgehead atoms. The molecule has 2 unspecified atom stereocenters. The summed E-state index contributed by atoms with van der Waals surface area (Å²) in [6, 6.07) is 9.08. The number of ether oxygens (including phenoxy) is 1. The second kappa shape index (κ2) is 5.60. The van der Waals surface area contributed by atoms with Crippen LogP contribution in [0, 0.1) is 5.92 Å². The highest BCUT2D eigenvalue weighted by Crippen LogP contribution is 2.28. The fourth-order valence-electron chi connectivity index (χ4n) is 2.22. The van der Waals surface area contributed by atoms with E-state index in [1.807, 2.05) is 6.07 Å². The Morgan fingerprint density at radius 1 is 1.44 bits per heavy atom. The van der Waals surface area contributed by atoms with Crippen molar-refractivity contribution in [2.24, 2.45) is 5.92 Å². The molecule has 0 spiro atoms. The molecule has 2 atom stereocenters. The van der Waals surface area contributed by atoms with Crippen LogP contribution in [-0.2, 0) is 6.42 Å². The van der Waals surface area contributed by atoms with Gasteiger partial charge in [-0.1, -0.05) is 12.1 Å². The van der Waals surface area contributed by atoms with Crippen molar-refractivity contribution in [3.8, 4) is 5.75 Å². The average Bonchev–Trinajstić information content (AvgIpc) is 2.76. The zero-order chi connectivity index (χ0) is 11.4. The van der Waals surface area contributed by atoms with Crippen LogP contribution >= 0.6 is 11.8 Å². The fourth-order valence-corrected chi connectivity index (χ4v) is 3.70. The summed E-state index contributed by atoms with van der Waals surface area (Å²) in [5, 5.41) is 3.41. The molecule has 0 saturated carbocycles. The van der Waals surface area contributed by atoms with Crippen molar-refractivity contribution in [1.29, 1.82) is 0 Å². The summed E-state index contributed by atoms with van der Waals surface area (Å²) in [6.07, 6.45) is 1.15. The van der Waals surface area contributed by atoms with Gasteiger partial charge in [-0.05, 0) is 42.8 Å². The average molecular weight is 237 g/mol. The smallest absolute Gasteiger partial charge is 0.119 e. The Hall–Kier alpha value is -0.670. The molecular weight excluding hydrogens is 218 g/mol. The van der Waals surface area contributed by atoms with E-state index in [0.717, 1.165) is 18.1 Å². The van der Waals surface area contributed by atoms with E-state index in [2.05, 4.69) is 42.3 Å². The Kier molecular flexibility index (Phi) is 4.13. The first-order valence-electron chi connectivity index (χ1n) is 5.71. The Balaban J connectivity index is 2.02. The van der Waals surface area contributed by atoms with E-state index in [1.54, 1.807) is 7.11 Å². The van der Waals surface area contributed by atoms with Gasteiger partial charge in [0.15, 0.2) is 0 Å². The summed E-state index contributed by atoms with van der Waals surface area (Å²) in [5.41, 5.74) is 1.38. The number of thioether (sulfide) groups is 1. The van der Waals surface area contributed by atoms with Gasteiger partial charge in [-0.3, -0.25) is 0 Å². The molecule has 1 aliphatic heterocycles. The van der Waals surface area contributed by atoms with E-state index in [9.17, 15) is 0 Å². The van der Waals surface area contributed by atoms with Gasteiger partial charge in [0.2, 0.25) is 0 Å². The van der Waals surface area contributed by atoms with E-state index in [0.29, 0.717) is 6.04 Å². The molecule has 1 N–H and O–H groups in total. The highest BCUT2D eigenvalue weighted by atomic mass is 32.2. The van der Waals surface area contributed by atoms with E-state index in [1.165, 1.54) is 17.1 Å². The van der Waals surface area contributed by atoms with Crippen LogP contribution in [-0.4, -0.2) is 31.7 Å². The Bertz CT molecular complexity index is 342. The van der Waals surface area contributed by atoms with Gasteiger partial charge >= 0.3 is 0 Å². The summed E-state index contributed by atoms with van der Waals surface area (Å²) < 4.78 is 5.25. The predicted molar refractivity (Wildman–Crippen MR) is 70.4 cm³/mol. The van der Waals surface area contributed by atoms with Crippen molar-refractivity contribution < 1.29 is 4.74 Å². The Morgan fingerprint density at radius 3 is 3.06 bits per heavy atom. The zero-order valence-corrected chi connectivity index (χ0v) is 10.7. The molecular formula is C13H19NOS. The minimum absolute atomic E-state index is 0.663. The largest absolute Gasteiger partial charge is 0.497 e. The standard InChI is InChI=1S/C13H19NOS/c1-14-13-9-16-8-11(13)6-10-4-3-5-12(7-10)15-2/h3-5,7,11,13-14H,6,8-9H2,1-2H3. The van der Waals surface area contributed by atoms with Crippen LogP contribution in [0.4, 0.5) is 0 Å².